The van der Waals surface area contributed by atoms with E-state index >= 15 is 0 Å². The SMILES string of the molecule is COc1ccc(CSc2c(OCc3ccccc3)ccc(OCc3ccccc3)c2C(=O)/C=C/c2cccc(OCc3ccccc3)c2OCc2ccccc2)cc1. The number of para-hydroxylation sites is 1. The van der Waals surface area contributed by atoms with Crippen molar-refractivity contribution >= 4 is 23.6 Å². The monoisotopic (exact) mass is 784 g/mol. The van der Waals surface area contributed by atoms with E-state index in [1.54, 1.807) is 19.3 Å². The molecule has 0 amide bonds. The lowest BCUT2D eigenvalue weighted by atomic mass is 10.1. The second-order valence-electron chi connectivity index (χ2n) is 13.4. The molecule has 0 heterocycles. The van der Waals surface area contributed by atoms with Gasteiger partial charge in [-0.05, 0) is 70.3 Å². The number of ether oxygens (including phenoxy) is 5. The van der Waals surface area contributed by atoms with Crippen LogP contribution in [0.15, 0.2) is 187 Å². The van der Waals surface area contributed by atoms with Gasteiger partial charge in [-0.1, -0.05) is 146 Å². The van der Waals surface area contributed by atoms with Crippen molar-refractivity contribution in [2.45, 2.75) is 37.1 Å². The number of benzene rings is 7. The molecule has 7 aromatic carbocycles. The van der Waals surface area contributed by atoms with E-state index in [0.717, 1.165) is 33.6 Å². The summed E-state index contributed by atoms with van der Waals surface area (Å²) in [4.78, 5) is 15.4. The van der Waals surface area contributed by atoms with E-state index in [0.29, 0.717) is 64.6 Å². The molecule has 0 aromatic heterocycles. The highest BCUT2D eigenvalue weighted by Gasteiger charge is 2.22. The zero-order chi connectivity index (χ0) is 39.8. The van der Waals surface area contributed by atoms with Gasteiger partial charge in [-0.25, -0.2) is 0 Å². The standard InChI is InChI=1S/C51H44O6S/c1-53-44-28-25-42(26-29-44)37-58-51-48(56-35-40-19-10-4-11-20-40)32-31-46(54-33-38-15-6-2-7-16-38)49(51)45(52)30-27-43-23-14-24-47(55-34-39-17-8-3-9-18-39)50(43)57-36-41-21-12-5-13-22-41/h2-32H,33-37H2,1H3/b30-27+. The van der Waals surface area contributed by atoms with Gasteiger partial charge in [-0.3, -0.25) is 4.79 Å². The first kappa shape index (κ1) is 39.5. The van der Waals surface area contributed by atoms with Crippen LogP contribution in [-0.2, 0) is 32.2 Å². The summed E-state index contributed by atoms with van der Waals surface area (Å²) < 4.78 is 31.1. The number of carbonyl (C=O) groups is 1. The van der Waals surface area contributed by atoms with Gasteiger partial charge in [-0.15, -0.1) is 11.8 Å². The van der Waals surface area contributed by atoms with E-state index in [9.17, 15) is 4.79 Å². The Morgan fingerprint density at radius 3 is 1.50 bits per heavy atom. The molecule has 0 fully saturated rings. The first-order valence-electron chi connectivity index (χ1n) is 19.1. The largest absolute Gasteiger partial charge is 0.497 e. The molecule has 7 aromatic rings. The molecule has 0 saturated carbocycles. The molecule has 0 bridgehead atoms. The van der Waals surface area contributed by atoms with Gasteiger partial charge >= 0.3 is 0 Å². The van der Waals surface area contributed by atoms with Gasteiger partial charge in [0.2, 0.25) is 0 Å². The van der Waals surface area contributed by atoms with Crippen LogP contribution in [0.25, 0.3) is 6.08 Å². The summed E-state index contributed by atoms with van der Waals surface area (Å²) in [6, 6.07) is 57.2. The molecule has 0 N–H and O–H groups in total. The van der Waals surface area contributed by atoms with Crippen molar-refractivity contribution in [3.63, 3.8) is 0 Å². The third-order valence-corrected chi connectivity index (χ3v) is 10.4. The molecule has 0 aliphatic heterocycles. The van der Waals surface area contributed by atoms with Crippen molar-refractivity contribution in [1.82, 2.24) is 0 Å². The lowest BCUT2D eigenvalue weighted by Gasteiger charge is -2.19. The van der Waals surface area contributed by atoms with Crippen LogP contribution in [0.1, 0.15) is 43.7 Å². The summed E-state index contributed by atoms with van der Waals surface area (Å²) in [6.45, 7) is 1.31. The molecule has 7 heteroatoms. The maximum atomic E-state index is 14.8. The summed E-state index contributed by atoms with van der Waals surface area (Å²) in [7, 11) is 1.65. The minimum Gasteiger partial charge on any atom is -0.497 e. The molecule has 0 aliphatic carbocycles. The number of methoxy groups -OCH3 is 1. The molecular formula is C51H44O6S. The first-order chi connectivity index (χ1) is 28.6. The third kappa shape index (κ3) is 11.0. The molecule has 0 saturated heterocycles. The Morgan fingerprint density at radius 1 is 0.483 bits per heavy atom. The zero-order valence-electron chi connectivity index (χ0n) is 32.3. The van der Waals surface area contributed by atoms with Crippen molar-refractivity contribution in [2.75, 3.05) is 7.11 Å². The van der Waals surface area contributed by atoms with E-state index in [2.05, 4.69) is 0 Å². The van der Waals surface area contributed by atoms with Crippen LogP contribution in [0, 0.1) is 0 Å². The van der Waals surface area contributed by atoms with Crippen molar-refractivity contribution in [3.05, 3.63) is 221 Å². The topological polar surface area (TPSA) is 63.2 Å². The lowest BCUT2D eigenvalue weighted by Crippen LogP contribution is -2.07. The molecule has 290 valence electrons. The summed E-state index contributed by atoms with van der Waals surface area (Å²) in [5, 5.41) is 0. The molecule has 0 radical (unpaired) electrons. The number of hydrogen-bond acceptors (Lipinski definition) is 7. The number of thioether (sulfide) groups is 1. The van der Waals surface area contributed by atoms with Gasteiger partial charge in [-0.2, -0.15) is 0 Å². The fourth-order valence-electron chi connectivity index (χ4n) is 6.15. The van der Waals surface area contributed by atoms with Crippen LogP contribution in [0.5, 0.6) is 28.7 Å². The van der Waals surface area contributed by atoms with Crippen LogP contribution in [0.2, 0.25) is 0 Å². The summed E-state index contributed by atoms with van der Waals surface area (Å²) in [5.41, 5.74) is 6.23. The quantitative estimate of drug-likeness (QED) is 0.0460. The van der Waals surface area contributed by atoms with Gasteiger partial charge in [0.25, 0.3) is 0 Å². The molecule has 0 atom stereocenters. The molecule has 7 rings (SSSR count). The Hall–Kier alpha value is -6.70. The highest BCUT2D eigenvalue weighted by atomic mass is 32.2. The Bertz CT molecular complexity index is 2380. The summed E-state index contributed by atoms with van der Waals surface area (Å²) in [6.07, 6.45) is 3.36. The van der Waals surface area contributed by atoms with Crippen LogP contribution < -0.4 is 23.7 Å². The van der Waals surface area contributed by atoms with E-state index in [1.165, 1.54) is 11.8 Å². The van der Waals surface area contributed by atoms with Crippen LogP contribution in [-0.4, -0.2) is 12.9 Å². The normalized spacial score (nSPS) is 10.9. The molecule has 0 unspecified atom stereocenters. The summed E-state index contributed by atoms with van der Waals surface area (Å²) in [5.74, 6) is 3.29. The van der Waals surface area contributed by atoms with Crippen LogP contribution in [0.4, 0.5) is 0 Å². The zero-order valence-corrected chi connectivity index (χ0v) is 33.1. The average molecular weight is 785 g/mol. The predicted molar refractivity (Wildman–Crippen MR) is 232 cm³/mol. The Balaban J connectivity index is 1.25. The maximum Gasteiger partial charge on any atom is 0.190 e. The fraction of sp³-hybridized carbons (Fsp3) is 0.118. The van der Waals surface area contributed by atoms with E-state index in [1.807, 2.05) is 176 Å². The molecule has 0 spiro atoms. The van der Waals surface area contributed by atoms with E-state index < -0.39 is 0 Å². The Morgan fingerprint density at radius 2 is 0.966 bits per heavy atom. The molecule has 0 aliphatic rings. The first-order valence-corrected chi connectivity index (χ1v) is 20.1. The van der Waals surface area contributed by atoms with Crippen LogP contribution in [0.3, 0.4) is 0 Å². The van der Waals surface area contributed by atoms with Crippen molar-refractivity contribution < 1.29 is 28.5 Å². The minimum absolute atomic E-state index is 0.241. The predicted octanol–water partition coefficient (Wildman–Crippen LogP) is 12.2. The average Bonchev–Trinajstić information content (AvgIpc) is 3.29. The van der Waals surface area contributed by atoms with Gasteiger partial charge in [0.1, 0.15) is 43.7 Å². The van der Waals surface area contributed by atoms with Crippen molar-refractivity contribution in [1.29, 1.82) is 0 Å². The van der Waals surface area contributed by atoms with Gasteiger partial charge in [0.05, 0.1) is 17.6 Å². The smallest absolute Gasteiger partial charge is 0.190 e. The highest BCUT2D eigenvalue weighted by molar-refractivity contribution is 7.98. The molecular weight excluding hydrogens is 741 g/mol. The van der Waals surface area contributed by atoms with Gasteiger partial charge < -0.3 is 23.7 Å². The number of ketones is 1. The lowest BCUT2D eigenvalue weighted by molar-refractivity contribution is 0.103. The number of allylic oxidation sites excluding steroid dienone is 1. The second kappa shape index (κ2) is 20.5. The van der Waals surface area contributed by atoms with E-state index in [-0.39, 0.29) is 12.4 Å². The highest BCUT2D eigenvalue weighted by Crippen LogP contribution is 2.42. The Labute approximate surface area is 344 Å². The van der Waals surface area contributed by atoms with Crippen molar-refractivity contribution in [2.24, 2.45) is 0 Å². The van der Waals surface area contributed by atoms with Gasteiger partial charge in [0, 0.05) is 11.3 Å². The van der Waals surface area contributed by atoms with E-state index in [4.69, 9.17) is 23.7 Å². The Kier molecular flexibility index (Phi) is 13.9. The molecule has 58 heavy (non-hydrogen) atoms. The third-order valence-electron chi connectivity index (χ3n) is 9.23. The maximum absolute atomic E-state index is 14.8. The number of carbonyl (C=O) groups excluding carboxylic acids is 1. The fourth-order valence-corrected chi connectivity index (χ4v) is 7.27. The summed E-state index contributed by atoms with van der Waals surface area (Å²) >= 11 is 1.53. The van der Waals surface area contributed by atoms with Crippen LogP contribution >= 0.6 is 11.8 Å². The van der Waals surface area contributed by atoms with Gasteiger partial charge in [0.15, 0.2) is 17.3 Å². The number of hydrogen-bond donors (Lipinski definition) is 0. The molecule has 6 nitrogen and oxygen atoms in total. The minimum atomic E-state index is -0.241. The number of rotatable bonds is 19. The second-order valence-corrected chi connectivity index (χ2v) is 14.4. The van der Waals surface area contributed by atoms with Crippen molar-refractivity contribution in [3.8, 4) is 28.7 Å².